The van der Waals surface area contributed by atoms with Crippen molar-refractivity contribution in [2.24, 2.45) is 0 Å². The molecule has 1 fully saturated rings. The number of aryl methyl sites for hydroxylation is 2. The van der Waals surface area contributed by atoms with Crippen LogP contribution in [0.25, 0.3) is 5.78 Å². The first-order valence-electron chi connectivity index (χ1n) is 5.55. The molecule has 1 aliphatic rings. The maximum absolute atomic E-state index is 11.1. The fraction of sp³-hybridized carbons (Fsp3) is 0.455. The first-order chi connectivity index (χ1) is 8.08. The largest absolute Gasteiger partial charge is 0.478 e. The normalized spacial score (nSPS) is 15.4. The molecule has 88 valence electrons. The molecular weight excluding hydrogens is 220 g/mol. The van der Waals surface area contributed by atoms with Crippen LogP contribution in [0, 0.1) is 13.8 Å². The summed E-state index contributed by atoms with van der Waals surface area (Å²) in [6, 6.07) is 0. The smallest absolute Gasteiger partial charge is 0.339 e. The van der Waals surface area contributed by atoms with Crippen molar-refractivity contribution in [3.05, 3.63) is 22.8 Å². The van der Waals surface area contributed by atoms with E-state index in [0.717, 1.165) is 18.7 Å². The summed E-state index contributed by atoms with van der Waals surface area (Å²) < 4.78 is 1.53. The highest BCUT2D eigenvalue weighted by atomic mass is 16.4. The zero-order valence-corrected chi connectivity index (χ0v) is 9.64. The van der Waals surface area contributed by atoms with Crippen LogP contribution >= 0.6 is 0 Å². The Balaban J connectivity index is 2.28. The van der Waals surface area contributed by atoms with Crippen LogP contribution in [0.4, 0.5) is 0 Å². The number of hydrogen-bond acceptors (Lipinski definition) is 4. The van der Waals surface area contributed by atoms with Gasteiger partial charge in [0.2, 0.25) is 0 Å². The first kappa shape index (κ1) is 10.2. The zero-order valence-electron chi connectivity index (χ0n) is 9.64. The third kappa shape index (κ3) is 1.48. The molecule has 0 atom stereocenters. The number of aromatic nitrogens is 4. The highest BCUT2D eigenvalue weighted by molar-refractivity contribution is 5.90. The third-order valence-corrected chi connectivity index (χ3v) is 3.07. The van der Waals surface area contributed by atoms with Crippen molar-refractivity contribution in [1.29, 1.82) is 0 Å². The minimum Gasteiger partial charge on any atom is -0.478 e. The summed E-state index contributed by atoms with van der Waals surface area (Å²) in [5.41, 5.74) is 1.28. The van der Waals surface area contributed by atoms with Gasteiger partial charge in [0, 0.05) is 5.92 Å². The monoisotopic (exact) mass is 232 g/mol. The molecule has 2 heterocycles. The Labute approximate surface area is 97.3 Å². The van der Waals surface area contributed by atoms with Crippen molar-refractivity contribution in [3.8, 4) is 0 Å². The van der Waals surface area contributed by atoms with E-state index in [9.17, 15) is 4.79 Å². The van der Waals surface area contributed by atoms with Gasteiger partial charge in [-0.05, 0) is 26.7 Å². The van der Waals surface area contributed by atoms with Gasteiger partial charge in [-0.25, -0.2) is 14.3 Å². The molecule has 0 saturated heterocycles. The molecule has 0 amide bonds. The molecule has 2 aromatic rings. The molecule has 1 N–H and O–H groups in total. The number of hydrogen-bond donors (Lipinski definition) is 1. The van der Waals surface area contributed by atoms with Crippen molar-refractivity contribution in [2.45, 2.75) is 32.6 Å². The Morgan fingerprint density at radius 1 is 1.35 bits per heavy atom. The predicted octanol–water partition coefficient (Wildman–Crippen LogP) is 1.32. The Hall–Kier alpha value is -1.98. The molecule has 0 aliphatic heterocycles. The summed E-state index contributed by atoms with van der Waals surface area (Å²) in [4.78, 5) is 19.7. The quantitative estimate of drug-likeness (QED) is 0.844. The maximum atomic E-state index is 11.1. The minimum atomic E-state index is -0.974. The van der Waals surface area contributed by atoms with E-state index in [-0.39, 0.29) is 5.56 Å². The summed E-state index contributed by atoms with van der Waals surface area (Å²) in [7, 11) is 0. The summed E-state index contributed by atoms with van der Waals surface area (Å²) in [6.07, 6.45) is 2.22. The van der Waals surface area contributed by atoms with Gasteiger partial charge < -0.3 is 5.11 Å². The molecule has 0 aromatic carbocycles. The zero-order chi connectivity index (χ0) is 12.2. The van der Waals surface area contributed by atoms with E-state index in [0.29, 0.717) is 23.1 Å². The van der Waals surface area contributed by atoms with Gasteiger partial charge in [0.15, 0.2) is 5.82 Å². The number of carbonyl (C=O) groups is 1. The van der Waals surface area contributed by atoms with Gasteiger partial charge in [-0.3, -0.25) is 0 Å². The average Bonchev–Trinajstić information content (AvgIpc) is 2.99. The van der Waals surface area contributed by atoms with Gasteiger partial charge in [-0.1, -0.05) is 0 Å². The van der Waals surface area contributed by atoms with Crippen LogP contribution in [-0.2, 0) is 0 Å². The number of carboxylic acids is 1. The molecule has 0 unspecified atom stereocenters. The minimum absolute atomic E-state index is 0.213. The van der Waals surface area contributed by atoms with Crippen LogP contribution in [0.2, 0.25) is 0 Å². The van der Waals surface area contributed by atoms with Gasteiger partial charge >= 0.3 is 5.97 Å². The standard InChI is InChI=1S/C11H12N4O2/c1-5-8(10(16)17)6(2)15-11(12-5)13-9(14-15)7-3-4-7/h7H,3-4H2,1-2H3,(H,16,17). The topological polar surface area (TPSA) is 80.4 Å². The van der Waals surface area contributed by atoms with Crippen molar-refractivity contribution in [1.82, 2.24) is 19.6 Å². The molecule has 0 spiro atoms. The molecule has 0 radical (unpaired) electrons. The van der Waals surface area contributed by atoms with Crippen molar-refractivity contribution in [2.75, 3.05) is 0 Å². The highest BCUT2D eigenvalue weighted by Gasteiger charge is 2.29. The lowest BCUT2D eigenvalue weighted by atomic mass is 10.2. The maximum Gasteiger partial charge on any atom is 0.339 e. The molecule has 17 heavy (non-hydrogen) atoms. The summed E-state index contributed by atoms with van der Waals surface area (Å²) in [5.74, 6) is 0.733. The van der Waals surface area contributed by atoms with Crippen LogP contribution < -0.4 is 0 Å². The van der Waals surface area contributed by atoms with E-state index < -0.39 is 5.97 Å². The number of aromatic carboxylic acids is 1. The molecular formula is C11H12N4O2. The van der Waals surface area contributed by atoms with E-state index >= 15 is 0 Å². The second kappa shape index (κ2) is 3.26. The molecule has 1 aliphatic carbocycles. The predicted molar refractivity (Wildman–Crippen MR) is 59.2 cm³/mol. The fourth-order valence-corrected chi connectivity index (χ4v) is 2.01. The summed E-state index contributed by atoms with van der Waals surface area (Å²) in [5, 5.41) is 13.5. The molecule has 6 nitrogen and oxygen atoms in total. The van der Waals surface area contributed by atoms with Gasteiger partial charge in [0.25, 0.3) is 5.78 Å². The number of nitrogens with zero attached hydrogens (tertiary/aromatic N) is 4. The van der Waals surface area contributed by atoms with E-state index in [1.54, 1.807) is 13.8 Å². The summed E-state index contributed by atoms with van der Waals surface area (Å²) >= 11 is 0. The number of fused-ring (bicyclic) bond motifs is 1. The molecule has 0 bridgehead atoms. The van der Waals surface area contributed by atoms with E-state index in [1.807, 2.05) is 0 Å². The summed E-state index contributed by atoms with van der Waals surface area (Å²) in [6.45, 7) is 3.42. The molecule has 1 saturated carbocycles. The van der Waals surface area contributed by atoms with Crippen LogP contribution in [0.15, 0.2) is 0 Å². The Kier molecular flexibility index (Phi) is 1.95. The molecule has 3 rings (SSSR count). The second-order valence-corrected chi connectivity index (χ2v) is 4.42. The van der Waals surface area contributed by atoms with Crippen molar-refractivity contribution < 1.29 is 9.90 Å². The Morgan fingerprint density at radius 3 is 2.65 bits per heavy atom. The molecule has 6 heteroatoms. The van der Waals surface area contributed by atoms with Crippen molar-refractivity contribution >= 4 is 11.7 Å². The van der Waals surface area contributed by atoms with Gasteiger partial charge in [-0.2, -0.15) is 4.98 Å². The fourth-order valence-electron chi connectivity index (χ4n) is 2.01. The second-order valence-electron chi connectivity index (χ2n) is 4.42. The van der Waals surface area contributed by atoms with Gasteiger partial charge in [0.05, 0.1) is 11.4 Å². The van der Waals surface area contributed by atoms with E-state index in [4.69, 9.17) is 5.11 Å². The van der Waals surface area contributed by atoms with E-state index in [1.165, 1.54) is 4.52 Å². The lowest BCUT2D eigenvalue weighted by molar-refractivity contribution is 0.0694. The Bertz CT molecular complexity index is 628. The van der Waals surface area contributed by atoms with Gasteiger partial charge in [-0.15, -0.1) is 5.10 Å². The molecule has 2 aromatic heterocycles. The van der Waals surface area contributed by atoms with Crippen molar-refractivity contribution in [3.63, 3.8) is 0 Å². The van der Waals surface area contributed by atoms with Crippen LogP contribution in [-0.4, -0.2) is 30.7 Å². The lowest BCUT2D eigenvalue weighted by Gasteiger charge is -2.05. The highest BCUT2D eigenvalue weighted by Crippen LogP contribution is 2.38. The third-order valence-electron chi connectivity index (χ3n) is 3.07. The number of carboxylic acid groups (broad SMARTS) is 1. The van der Waals surface area contributed by atoms with Crippen LogP contribution in [0.3, 0.4) is 0 Å². The Morgan fingerprint density at radius 2 is 2.06 bits per heavy atom. The van der Waals surface area contributed by atoms with Crippen LogP contribution in [0.5, 0.6) is 0 Å². The average molecular weight is 232 g/mol. The first-order valence-corrected chi connectivity index (χ1v) is 5.55. The van der Waals surface area contributed by atoms with E-state index in [2.05, 4.69) is 15.1 Å². The lowest BCUT2D eigenvalue weighted by Crippen LogP contribution is -2.10. The number of rotatable bonds is 2. The SMILES string of the molecule is Cc1nc2nc(C3CC3)nn2c(C)c1C(=O)O. The van der Waals surface area contributed by atoms with Gasteiger partial charge in [0.1, 0.15) is 5.56 Å². The van der Waals surface area contributed by atoms with Crippen LogP contribution in [0.1, 0.15) is 46.3 Å².